The lowest BCUT2D eigenvalue weighted by atomic mass is 10.1. The molecule has 0 atom stereocenters. The van der Waals surface area contributed by atoms with Crippen molar-refractivity contribution < 1.29 is 13.2 Å². The molecule has 0 radical (unpaired) electrons. The molecule has 0 amide bonds. The Morgan fingerprint density at radius 1 is 0.889 bits per heavy atom. The van der Waals surface area contributed by atoms with Gasteiger partial charge in [-0.15, -0.1) is 0 Å². The van der Waals surface area contributed by atoms with Gasteiger partial charge < -0.3 is 0 Å². The lowest BCUT2D eigenvalue weighted by Crippen LogP contribution is -1.93. The van der Waals surface area contributed by atoms with Crippen molar-refractivity contribution in [1.82, 2.24) is 0 Å². The Morgan fingerprint density at radius 2 is 1.50 bits per heavy atom. The summed E-state index contributed by atoms with van der Waals surface area (Å²) < 4.78 is 38.6. The summed E-state index contributed by atoms with van der Waals surface area (Å²) >= 11 is 0. The van der Waals surface area contributed by atoms with Crippen LogP contribution in [0.4, 0.5) is 13.2 Å². The zero-order chi connectivity index (χ0) is 13.0. The van der Waals surface area contributed by atoms with Crippen LogP contribution in [0.3, 0.4) is 0 Å². The molecule has 0 nitrogen and oxygen atoms in total. The number of allylic oxidation sites excluding steroid dienone is 1. The number of hydrogen-bond acceptors (Lipinski definition) is 0. The molecule has 18 heavy (non-hydrogen) atoms. The van der Waals surface area contributed by atoms with Crippen molar-refractivity contribution in [1.29, 1.82) is 0 Å². The van der Waals surface area contributed by atoms with Crippen molar-refractivity contribution in [3.8, 4) is 0 Å². The summed E-state index contributed by atoms with van der Waals surface area (Å²) in [4.78, 5) is 0. The van der Waals surface area contributed by atoms with E-state index in [1.807, 2.05) is 36.4 Å². The molecule has 92 valence electrons. The molecule has 2 aromatic carbocycles. The van der Waals surface area contributed by atoms with E-state index < -0.39 is 17.5 Å². The van der Waals surface area contributed by atoms with Crippen LogP contribution in [0.5, 0.6) is 0 Å². The second kappa shape index (κ2) is 5.54. The molecular formula is C15H11F3. The lowest BCUT2D eigenvalue weighted by molar-refractivity contribution is 0.445. The molecule has 0 saturated carbocycles. The summed E-state index contributed by atoms with van der Waals surface area (Å²) in [6, 6.07) is 11.6. The van der Waals surface area contributed by atoms with Gasteiger partial charge in [0, 0.05) is 0 Å². The minimum atomic E-state index is -1.43. The molecule has 0 unspecified atom stereocenters. The fourth-order valence-electron chi connectivity index (χ4n) is 1.62. The summed E-state index contributed by atoms with van der Waals surface area (Å²) in [7, 11) is 0. The molecule has 0 bridgehead atoms. The van der Waals surface area contributed by atoms with E-state index in [0.29, 0.717) is 12.0 Å². The maximum absolute atomic E-state index is 13.0. The normalized spacial score (nSPS) is 11.1. The van der Waals surface area contributed by atoms with Crippen LogP contribution in [-0.4, -0.2) is 0 Å². The van der Waals surface area contributed by atoms with Crippen LogP contribution in [0.2, 0.25) is 0 Å². The Kier molecular flexibility index (Phi) is 3.82. The number of benzene rings is 2. The molecule has 2 aromatic rings. The summed E-state index contributed by atoms with van der Waals surface area (Å²) in [6.45, 7) is 0. The van der Waals surface area contributed by atoms with E-state index in [-0.39, 0.29) is 0 Å². The van der Waals surface area contributed by atoms with Crippen molar-refractivity contribution >= 4 is 6.08 Å². The first-order chi connectivity index (χ1) is 8.66. The smallest absolute Gasteiger partial charge is 0.194 e. The van der Waals surface area contributed by atoms with Gasteiger partial charge in [-0.1, -0.05) is 42.5 Å². The van der Waals surface area contributed by atoms with Crippen molar-refractivity contribution in [2.24, 2.45) is 0 Å². The largest absolute Gasteiger partial charge is 0.204 e. The highest BCUT2D eigenvalue weighted by Gasteiger charge is 2.09. The molecule has 0 aliphatic carbocycles. The summed E-state index contributed by atoms with van der Waals surface area (Å²) in [5, 5.41) is 0. The van der Waals surface area contributed by atoms with Crippen LogP contribution < -0.4 is 0 Å². The second-order valence-corrected chi connectivity index (χ2v) is 3.89. The number of halogens is 3. The van der Waals surface area contributed by atoms with Gasteiger partial charge in [0.25, 0.3) is 0 Å². The molecule has 3 heteroatoms. The van der Waals surface area contributed by atoms with E-state index in [4.69, 9.17) is 0 Å². The van der Waals surface area contributed by atoms with Gasteiger partial charge in [0.15, 0.2) is 17.5 Å². The van der Waals surface area contributed by atoms with Gasteiger partial charge in [-0.3, -0.25) is 0 Å². The molecule has 0 saturated heterocycles. The Morgan fingerprint density at radius 3 is 2.11 bits per heavy atom. The third kappa shape index (κ3) is 3.00. The zero-order valence-electron chi connectivity index (χ0n) is 9.54. The second-order valence-electron chi connectivity index (χ2n) is 3.89. The van der Waals surface area contributed by atoms with Crippen molar-refractivity contribution in [2.45, 2.75) is 6.42 Å². The summed E-state index contributed by atoms with van der Waals surface area (Å²) in [6.07, 6.45) is 3.98. The topological polar surface area (TPSA) is 0 Å². The fourth-order valence-corrected chi connectivity index (χ4v) is 1.62. The van der Waals surface area contributed by atoms with Gasteiger partial charge in [-0.2, -0.15) is 0 Å². The molecule has 0 aliphatic heterocycles. The quantitative estimate of drug-likeness (QED) is 0.708. The van der Waals surface area contributed by atoms with Crippen LogP contribution in [0.15, 0.2) is 48.5 Å². The molecule has 0 aromatic heterocycles. The van der Waals surface area contributed by atoms with Gasteiger partial charge in [0.1, 0.15) is 0 Å². The highest BCUT2D eigenvalue weighted by Crippen LogP contribution is 2.14. The van der Waals surface area contributed by atoms with Crippen LogP contribution in [0.25, 0.3) is 6.08 Å². The maximum atomic E-state index is 13.0. The molecule has 0 N–H and O–H groups in total. The third-order valence-electron chi connectivity index (χ3n) is 2.51. The van der Waals surface area contributed by atoms with Crippen molar-refractivity contribution in [3.63, 3.8) is 0 Å². The SMILES string of the molecule is Fc1cc(C/C=C/c2ccccc2)cc(F)c1F. The highest BCUT2D eigenvalue weighted by molar-refractivity contribution is 5.49. The Labute approximate surface area is 103 Å². The molecule has 0 fully saturated rings. The molecule has 2 rings (SSSR count). The zero-order valence-corrected chi connectivity index (χ0v) is 9.54. The maximum Gasteiger partial charge on any atom is 0.194 e. The van der Waals surface area contributed by atoms with E-state index in [1.165, 1.54) is 0 Å². The Balaban J connectivity index is 2.09. The van der Waals surface area contributed by atoms with E-state index >= 15 is 0 Å². The van der Waals surface area contributed by atoms with E-state index in [0.717, 1.165) is 17.7 Å². The van der Waals surface area contributed by atoms with Crippen LogP contribution >= 0.6 is 0 Å². The molecule has 0 aliphatic rings. The van der Waals surface area contributed by atoms with Crippen LogP contribution in [0.1, 0.15) is 11.1 Å². The van der Waals surface area contributed by atoms with E-state index in [9.17, 15) is 13.2 Å². The molecule has 0 heterocycles. The van der Waals surface area contributed by atoms with Crippen molar-refractivity contribution in [2.75, 3.05) is 0 Å². The van der Waals surface area contributed by atoms with E-state index in [2.05, 4.69) is 0 Å². The first-order valence-corrected chi connectivity index (χ1v) is 5.52. The van der Waals surface area contributed by atoms with Gasteiger partial charge >= 0.3 is 0 Å². The molecule has 0 spiro atoms. The highest BCUT2D eigenvalue weighted by atomic mass is 19.2. The first-order valence-electron chi connectivity index (χ1n) is 5.52. The minimum absolute atomic E-state index is 0.350. The average molecular weight is 248 g/mol. The Hall–Kier alpha value is -2.03. The predicted octanol–water partition coefficient (Wildman–Crippen LogP) is 4.36. The van der Waals surface area contributed by atoms with Crippen LogP contribution in [-0.2, 0) is 6.42 Å². The summed E-state index contributed by atoms with van der Waals surface area (Å²) in [5.41, 5.74) is 1.40. The minimum Gasteiger partial charge on any atom is -0.204 e. The number of rotatable bonds is 3. The summed E-state index contributed by atoms with van der Waals surface area (Å²) in [5.74, 6) is -3.73. The average Bonchev–Trinajstić information content (AvgIpc) is 2.37. The lowest BCUT2D eigenvalue weighted by Gasteiger charge is -2.00. The van der Waals surface area contributed by atoms with E-state index in [1.54, 1.807) is 6.08 Å². The van der Waals surface area contributed by atoms with Gasteiger partial charge in [0.2, 0.25) is 0 Å². The van der Waals surface area contributed by atoms with Gasteiger partial charge in [-0.25, -0.2) is 13.2 Å². The first kappa shape index (κ1) is 12.4. The monoisotopic (exact) mass is 248 g/mol. The molecular weight excluding hydrogens is 237 g/mol. The van der Waals surface area contributed by atoms with Gasteiger partial charge in [-0.05, 0) is 29.7 Å². The van der Waals surface area contributed by atoms with Gasteiger partial charge in [0.05, 0.1) is 0 Å². The standard InChI is InChI=1S/C15H11F3/c16-13-9-12(10-14(17)15(13)18)8-4-7-11-5-2-1-3-6-11/h1-7,9-10H,8H2/b7-4+. The van der Waals surface area contributed by atoms with Crippen LogP contribution in [0, 0.1) is 17.5 Å². The predicted molar refractivity (Wildman–Crippen MR) is 65.5 cm³/mol. The van der Waals surface area contributed by atoms with Crippen molar-refractivity contribution in [3.05, 3.63) is 77.1 Å². The number of hydrogen-bond donors (Lipinski definition) is 0. The Bertz CT molecular complexity index is 536. The fraction of sp³-hybridized carbons (Fsp3) is 0.0667. The third-order valence-corrected chi connectivity index (χ3v) is 2.51.